The summed E-state index contributed by atoms with van der Waals surface area (Å²) < 4.78 is 20.5. The Bertz CT molecular complexity index is 614. The highest BCUT2D eigenvalue weighted by atomic mass is 19.1. The molecule has 0 saturated heterocycles. The van der Waals surface area contributed by atoms with Gasteiger partial charge >= 0.3 is 0 Å². The average molecular weight is 305 g/mol. The van der Waals surface area contributed by atoms with Gasteiger partial charge in [0.2, 0.25) is 0 Å². The molecule has 0 bridgehead atoms. The molecule has 22 heavy (non-hydrogen) atoms. The molecule has 0 aliphatic carbocycles. The molecule has 1 N–H and O–H groups in total. The summed E-state index contributed by atoms with van der Waals surface area (Å²) in [6.07, 6.45) is 3.59. The summed E-state index contributed by atoms with van der Waals surface area (Å²) >= 11 is 0. The lowest BCUT2D eigenvalue weighted by atomic mass is 10.2. The van der Waals surface area contributed by atoms with Crippen molar-refractivity contribution in [2.75, 3.05) is 13.2 Å². The molecule has 0 fully saturated rings. The molecule has 0 saturated carbocycles. The molecule has 0 unspecified atom stereocenters. The van der Waals surface area contributed by atoms with Crippen LogP contribution in [0.3, 0.4) is 0 Å². The number of ether oxygens (including phenoxy) is 1. The van der Waals surface area contributed by atoms with Crippen LogP contribution in [-0.4, -0.2) is 28.8 Å². The van der Waals surface area contributed by atoms with E-state index in [-0.39, 0.29) is 24.2 Å². The average Bonchev–Trinajstić information content (AvgIpc) is 2.99. The molecule has 6 heteroatoms. The van der Waals surface area contributed by atoms with Gasteiger partial charge in [-0.3, -0.25) is 9.48 Å². The molecule has 0 spiro atoms. The van der Waals surface area contributed by atoms with E-state index in [1.54, 1.807) is 18.3 Å². The molecule has 2 rings (SSSR count). The third kappa shape index (κ3) is 4.87. The molecule has 1 atom stereocenters. The van der Waals surface area contributed by atoms with Crippen molar-refractivity contribution in [3.8, 4) is 5.75 Å². The van der Waals surface area contributed by atoms with Crippen molar-refractivity contribution < 1.29 is 13.9 Å². The molecule has 1 heterocycles. The number of hydrogen-bond donors (Lipinski definition) is 1. The maximum absolute atomic E-state index is 13.5. The third-order valence-electron chi connectivity index (χ3n) is 3.15. The van der Waals surface area contributed by atoms with Crippen LogP contribution in [0.15, 0.2) is 36.7 Å². The molecule has 0 radical (unpaired) electrons. The van der Waals surface area contributed by atoms with E-state index in [1.165, 1.54) is 6.07 Å². The Morgan fingerprint density at radius 3 is 3.05 bits per heavy atom. The number of amides is 1. The molecule has 5 nitrogen and oxygen atoms in total. The molecular weight excluding hydrogens is 285 g/mol. The van der Waals surface area contributed by atoms with Gasteiger partial charge in [-0.05, 0) is 36.6 Å². The molecule has 1 aromatic carbocycles. The van der Waals surface area contributed by atoms with Gasteiger partial charge in [0.15, 0.2) is 18.2 Å². The van der Waals surface area contributed by atoms with Gasteiger partial charge < -0.3 is 10.1 Å². The second-order valence-electron chi connectivity index (χ2n) is 5.36. The number of halogens is 1. The number of carbonyl (C=O) groups excluding carboxylic acids is 1. The van der Waals surface area contributed by atoms with Crippen LogP contribution < -0.4 is 10.1 Å². The van der Waals surface area contributed by atoms with Crippen LogP contribution in [0.5, 0.6) is 5.75 Å². The predicted octanol–water partition coefficient (Wildman–Crippen LogP) is 2.16. The van der Waals surface area contributed by atoms with Crippen LogP contribution in [-0.2, 0) is 11.3 Å². The van der Waals surface area contributed by atoms with Crippen LogP contribution in [0, 0.1) is 18.7 Å². The normalized spacial score (nSPS) is 12.0. The number of nitrogens with zero attached hydrogens (tertiary/aromatic N) is 2. The van der Waals surface area contributed by atoms with Crippen molar-refractivity contribution >= 4 is 5.91 Å². The van der Waals surface area contributed by atoms with Gasteiger partial charge in [-0.2, -0.15) is 5.10 Å². The number of aryl methyl sites for hydroxylation is 1. The summed E-state index contributed by atoms with van der Waals surface area (Å²) in [4.78, 5) is 11.7. The Labute approximate surface area is 129 Å². The Kier molecular flexibility index (Phi) is 5.52. The van der Waals surface area contributed by atoms with Crippen molar-refractivity contribution in [2.45, 2.75) is 20.4 Å². The van der Waals surface area contributed by atoms with E-state index >= 15 is 0 Å². The molecule has 1 aromatic heterocycles. The van der Waals surface area contributed by atoms with Gasteiger partial charge in [0.1, 0.15) is 0 Å². The first-order chi connectivity index (χ1) is 10.5. The van der Waals surface area contributed by atoms with E-state index in [9.17, 15) is 9.18 Å². The van der Waals surface area contributed by atoms with Crippen molar-refractivity contribution in [2.24, 2.45) is 5.92 Å². The third-order valence-corrected chi connectivity index (χ3v) is 3.15. The van der Waals surface area contributed by atoms with E-state index in [4.69, 9.17) is 4.74 Å². The Morgan fingerprint density at radius 2 is 2.32 bits per heavy atom. The smallest absolute Gasteiger partial charge is 0.257 e. The largest absolute Gasteiger partial charge is 0.481 e. The number of benzene rings is 1. The van der Waals surface area contributed by atoms with E-state index in [0.29, 0.717) is 6.54 Å². The molecule has 118 valence electrons. The highest BCUT2D eigenvalue weighted by molar-refractivity contribution is 5.77. The fourth-order valence-electron chi connectivity index (χ4n) is 2.00. The SMILES string of the molecule is Cc1ccc(F)c(OCC(=O)NC[C@@H](C)Cn2cccn2)c1. The first-order valence-corrected chi connectivity index (χ1v) is 7.17. The molecule has 0 aliphatic rings. The maximum Gasteiger partial charge on any atom is 0.257 e. The standard InChI is InChI=1S/C16H20FN3O2/c1-12-4-5-14(17)15(8-12)22-11-16(21)18-9-13(2)10-20-7-3-6-19-20/h3-8,13H,9-11H2,1-2H3,(H,18,21)/t13-/m1/s1. The Hall–Kier alpha value is -2.37. The fourth-order valence-corrected chi connectivity index (χ4v) is 2.00. The van der Waals surface area contributed by atoms with Gasteiger partial charge in [0.25, 0.3) is 5.91 Å². The minimum Gasteiger partial charge on any atom is -0.481 e. The lowest BCUT2D eigenvalue weighted by molar-refractivity contribution is -0.123. The van der Waals surface area contributed by atoms with Crippen LogP contribution in [0.25, 0.3) is 0 Å². The highest BCUT2D eigenvalue weighted by Crippen LogP contribution is 2.17. The zero-order chi connectivity index (χ0) is 15.9. The van der Waals surface area contributed by atoms with E-state index in [0.717, 1.165) is 12.1 Å². The molecule has 0 aliphatic heterocycles. The van der Waals surface area contributed by atoms with Crippen LogP contribution in [0.4, 0.5) is 4.39 Å². The zero-order valence-electron chi connectivity index (χ0n) is 12.8. The number of hydrogen-bond acceptors (Lipinski definition) is 3. The predicted molar refractivity (Wildman–Crippen MR) is 81.0 cm³/mol. The summed E-state index contributed by atoms with van der Waals surface area (Å²) in [6, 6.07) is 6.41. The van der Waals surface area contributed by atoms with Crippen molar-refractivity contribution in [1.82, 2.24) is 15.1 Å². The second-order valence-corrected chi connectivity index (χ2v) is 5.36. The van der Waals surface area contributed by atoms with Crippen LogP contribution in [0.2, 0.25) is 0 Å². The van der Waals surface area contributed by atoms with Gasteiger partial charge in [-0.25, -0.2) is 4.39 Å². The Balaban J connectivity index is 1.72. The number of nitrogens with one attached hydrogen (secondary N) is 1. The molecule has 1 amide bonds. The topological polar surface area (TPSA) is 56.1 Å². The van der Waals surface area contributed by atoms with E-state index < -0.39 is 5.82 Å². The minimum atomic E-state index is -0.467. The molecule has 2 aromatic rings. The van der Waals surface area contributed by atoms with Gasteiger partial charge in [0, 0.05) is 25.5 Å². The van der Waals surface area contributed by atoms with Crippen molar-refractivity contribution in [3.05, 3.63) is 48.0 Å². The van der Waals surface area contributed by atoms with Crippen LogP contribution in [0.1, 0.15) is 12.5 Å². The minimum absolute atomic E-state index is 0.0970. The molecular formula is C16H20FN3O2. The number of aromatic nitrogens is 2. The fraction of sp³-hybridized carbons (Fsp3) is 0.375. The lowest BCUT2D eigenvalue weighted by Gasteiger charge is -2.13. The number of rotatable bonds is 7. The van der Waals surface area contributed by atoms with E-state index in [2.05, 4.69) is 10.4 Å². The van der Waals surface area contributed by atoms with Crippen molar-refractivity contribution in [1.29, 1.82) is 0 Å². The first kappa shape index (κ1) is 16.0. The van der Waals surface area contributed by atoms with Crippen molar-refractivity contribution in [3.63, 3.8) is 0 Å². The lowest BCUT2D eigenvalue weighted by Crippen LogP contribution is -2.33. The van der Waals surface area contributed by atoms with E-state index in [1.807, 2.05) is 30.8 Å². The monoisotopic (exact) mass is 305 g/mol. The highest BCUT2D eigenvalue weighted by Gasteiger charge is 2.09. The summed E-state index contributed by atoms with van der Waals surface area (Å²) in [7, 11) is 0. The summed E-state index contributed by atoms with van der Waals surface area (Å²) in [5, 5.41) is 6.89. The van der Waals surface area contributed by atoms with Crippen LogP contribution >= 0.6 is 0 Å². The Morgan fingerprint density at radius 1 is 1.50 bits per heavy atom. The summed E-state index contributed by atoms with van der Waals surface area (Å²) in [5.74, 6) is -0.405. The quantitative estimate of drug-likeness (QED) is 0.853. The summed E-state index contributed by atoms with van der Waals surface area (Å²) in [5.41, 5.74) is 0.879. The van der Waals surface area contributed by atoms with Gasteiger partial charge in [-0.15, -0.1) is 0 Å². The maximum atomic E-state index is 13.5. The number of carbonyl (C=O) groups is 1. The zero-order valence-corrected chi connectivity index (χ0v) is 12.8. The van der Waals surface area contributed by atoms with Gasteiger partial charge in [-0.1, -0.05) is 13.0 Å². The first-order valence-electron chi connectivity index (χ1n) is 7.17. The summed E-state index contributed by atoms with van der Waals surface area (Å²) in [6.45, 7) is 4.89. The van der Waals surface area contributed by atoms with Gasteiger partial charge in [0.05, 0.1) is 0 Å². The second kappa shape index (κ2) is 7.59.